The fourth-order valence-electron chi connectivity index (χ4n) is 2.45. The van der Waals surface area contributed by atoms with E-state index in [1.54, 1.807) is 6.92 Å². The fourth-order valence-corrected chi connectivity index (χ4v) is 2.45. The normalized spacial score (nSPS) is 33.4. The van der Waals surface area contributed by atoms with Crippen LogP contribution < -0.4 is 0 Å². The maximum absolute atomic E-state index is 11.2. The summed E-state index contributed by atoms with van der Waals surface area (Å²) in [6.45, 7) is 9.39. The zero-order chi connectivity index (χ0) is 9.59. The number of amides is 1. The zero-order valence-corrected chi connectivity index (χ0v) is 8.66. The highest BCUT2D eigenvalue weighted by Crippen LogP contribution is 2.32. The lowest BCUT2D eigenvalue weighted by atomic mass is 9.92. The summed E-state index contributed by atoms with van der Waals surface area (Å²) < 4.78 is 0. The third kappa shape index (κ3) is 1.35. The minimum atomic E-state index is 0.242. The molecular weight excluding hydrogens is 164 g/mol. The van der Waals surface area contributed by atoms with Gasteiger partial charge in [-0.15, -0.1) is 0 Å². The number of rotatable bonds is 1. The maximum Gasteiger partial charge on any atom is 0.219 e. The molecule has 3 heteroatoms. The molecule has 1 amide bonds. The van der Waals surface area contributed by atoms with E-state index in [9.17, 15) is 4.79 Å². The van der Waals surface area contributed by atoms with Gasteiger partial charge in [0.25, 0.3) is 0 Å². The largest absolute Gasteiger partial charge is 0.338 e. The Morgan fingerprint density at radius 1 is 1.31 bits per heavy atom. The van der Waals surface area contributed by atoms with Gasteiger partial charge in [0.1, 0.15) is 0 Å². The van der Waals surface area contributed by atoms with Crippen molar-refractivity contribution in [3.8, 4) is 0 Å². The third-order valence-corrected chi connectivity index (χ3v) is 3.40. The van der Waals surface area contributed by atoms with Crippen molar-refractivity contribution in [1.82, 2.24) is 9.80 Å². The number of carbonyl (C=O) groups excluding carboxylic acids is 1. The lowest BCUT2D eigenvalue weighted by molar-refractivity contribution is -0.138. The van der Waals surface area contributed by atoms with E-state index >= 15 is 0 Å². The van der Waals surface area contributed by atoms with Gasteiger partial charge in [0.2, 0.25) is 5.91 Å². The average molecular weight is 182 g/mol. The van der Waals surface area contributed by atoms with Gasteiger partial charge in [-0.25, -0.2) is 0 Å². The molecule has 2 unspecified atom stereocenters. The van der Waals surface area contributed by atoms with Gasteiger partial charge < -0.3 is 4.90 Å². The van der Waals surface area contributed by atoms with Crippen molar-refractivity contribution in [3.05, 3.63) is 0 Å². The molecule has 2 rings (SSSR count). The van der Waals surface area contributed by atoms with Crippen molar-refractivity contribution in [3.63, 3.8) is 0 Å². The van der Waals surface area contributed by atoms with E-state index in [0.29, 0.717) is 12.1 Å². The second kappa shape index (κ2) is 2.98. The van der Waals surface area contributed by atoms with Crippen molar-refractivity contribution in [2.24, 2.45) is 5.92 Å². The van der Waals surface area contributed by atoms with Crippen LogP contribution in [0.3, 0.4) is 0 Å². The molecule has 2 aliphatic heterocycles. The lowest BCUT2D eigenvalue weighted by Gasteiger charge is -2.43. The summed E-state index contributed by atoms with van der Waals surface area (Å²) in [6.07, 6.45) is 0. The molecule has 2 fully saturated rings. The summed E-state index contributed by atoms with van der Waals surface area (Å²) in [7, 11) is 0. The molecule has 13 heavy (non-hydrogen) atoms. The van der Waals surface area contributed by atoms with Crippen LogP contribution in [0.15, 0.2) is 0 Å². The first-order valence-electron chi connectivity index (χ1n) is 5.11. The predicted molar refractivity (Wildman–Crippen MR) is 51.4 cm³/mol. The quantitative estimate of drug-likeness (QED) is 0.591. The van der Waals surface area contributed by atoms with Crippen molar-refractivity contribution < 1.29 is 4.79 Å². The molecule has 0 aromatic rings. The van der Waals surface area contributed by atoms with Crippen LogP contribution in [0.1, 0.15) is 20.8 Å². The SMILES string of the molecule is CC(=O)N1CC2CN(C(C)C)CC21. The monoisotopic (exact) mass is 182 g/mol. The van der Waals surface area contributed by atoms with E-state index in [0.717, 1.165) is 19.0 Å². The highest BCUT2D eigenvalue weighted by Gasteiger charge is 2.46. The molecule has 2 saturated heterocycles. The van der Waals surface area contributed by atoms with Gasteiger partial charge in [-0.05, 0) is 13.8 Å². The molecular formula is C10H18N2O. The highest BCUT2D eigenvalue weighted by atomic mass is 16.2. The number of likely N-dealkylation sites (tertiary alicyclic amines) is 2. The van der Waals surface area contributed by atoms with Crippen molar-refractivity contribution in [1.29, 1.82) is 0 Å². The Morgan fingerprint density at radius 2 is 2.00 bits per heavy atom. The Hall–Kier alpha value is -0.570. The molecule has 2 heterocycles. The van der Waals surface area contributed by atoms with Gasteiger partial charge in [0.15, 0.2) is 0 Å². The van der Waals surface area contributed by atoms with Gasteiger partial charge >= 0.3 is 0 Å². The first-order chi connectivity index (χ1) is 6.09. The Bertz CT molecular complexity index is 227. The maximum atomic E-state index is 11.2. The van der Waals surface area contributed by atoms with E-state index in [2.05, 4.69) is 18.7 Å². The van der Waals surface area contributed by atoms with Crippen LogP contribution in [-0.2, 0) is 4.79 Å². The van der Waals surface area contributed by atoms with Crippen LogP contribution >= 0.6 is 0 Å². The minimum absolute atomic E-state index is 0.242. The molecule has 0 aromatic carbocycles. The molecule has 0 radical (unpaired) electrons. The van der Waals surface area contributed by atoms with Crippen LogP contribution in [0.25, 0.3) is 0 Å². The molecule has 2 aliphatic rings. The number of fused-ring (bicyclic) bond motifs is 1. The standard InChI is InChI=1S/C10H18N2O/c1-7(2)11-4-9-5-12(8(3)13)10(9)6-11/h7,9-10H,4-6H2,1-3H3. The molecule has 0 saturated carbocycles. The van der Waals surface area contributed by atoms with Gasteiger partial charge in [-0.3, -0.25) is 9.69 Å². The summed E-state index contributed by atoms with van der Waals surface area (Å²) in [5.74, 6) is 0.998. The molecule has 2 atom stereocenters. The van der Waals surface area contributed by atoms with Crippen LogP contribution in [0, 0.1) is 5.92 Å². The molecule has 0 spiro atoms. The molecule has 0 N–H and O–H groups in total. The van der Waals surface area contributed by atoms with Crippen molar-refractivity contribution in [2.45, 2.75) is 32.9 Å². The average Bonchev–Trinajstić information content (AvgIpc) is 2.28. The Labute approximate surface area is 79.7 Å². The highest BCUT2D eigenvalue weighted by molar-refractivity contribution is 5.74. The summed E-state index contributed by atoms with van der Waals surface area (Å²) in [5.41, 5.74) is 0. The topological polar surface area (TPSA) is 23.6 Å². The van der Waals surface area contributed by atoms with Crippen molar-refractivity contribution >= 4 is 5.91 Å². The zero-order valence-electron chi connectivity index (χ0n) is 8.66. The van der Waals surface area contributed by atoms with E-state index < -0.39 is 0 Å². The van der Waals surface area contributed by atoms with E-state index in [-0.39, 0.29) is 5.91 Å². The molecule has 3 nitrogen and oxygen atoms in total. The van der Waals surface area contributed by atoms with E-state index in [4.69, 9.17) is 0 Å². The Kier molecular flexibility index (Phi) is 2.06. The smallest absolute Gasteiger partial charge is 0.219 e. The first kappa shape index (κ1) is 9.00. The van der Waals surface area contributed by atoms with Crippen LogP contribution in [0.5, 0.6) is 0 Å². The molecule has 0 bridgehead atoms. The number of hydrogen-bond donors (Lipinski definition) is 0. The van der Waals surface area contributed by atoms with Crippen molar-refractivity contribution in [2.75, 3.05) is 19.6 Å². The van der Waals surface area contributed by atoms with Crippen LogP contribution in [0.2, 0.25) is 0 Å². The van der Waals surface area contributed by atoms with Gasteiger partial charge in [0, 0.05) is 38.5 Å². The first-order valence-corrected chi connectivity index (χ1v) is 5.11. The molecule has 0 aromatic heterocycles. The molecule has 0 aliphatic carbocycles. The summed E-state index contributed by atoms with van der Waals surface area (Å²) in [6, 6.07) is 1.15. The summed E-state index contributed by atoms with van der Waals surface area (Å²) in [5, 5.41) is 0. The summed E-state index contributed by atoms with van der Waals surface area (Å²) in [4.78, 5) is 15.6. The van der Waals surface area contributed by atoms with Crippen LogP contribution in [-0.4, -0.2) is 47.4 Å². The van der Waals surface area contributed by atoms with Gasteiger partial charge in [-0.2, -0.15) is 0 Å². The van der Waals surface area contributed by atoms with Gasteiger partial charge in [-0.1, -0.05) is 0 Å². The number of nitrogens with zero attached hydrogens (tertiary/aromatic N) is 2. The van der Waals surface area contributed by atoms with Crippen LogP contribution in [0.4, 0.5) is 0 Å². The van der Waals surface area contributed by atoms with Gasteiger partial charge in [0.05, 0.1) is 6.04 Å². The minimum Gasteiger partial charge on any atom is -0.338 e. The Balaban J connectivity index is 1.95. The lowest BCUT2D eigenvalue weighted by Crippen LogP contribution is -2.57. The number of hydrogen-bond acceptors (Lipinski definition) is 2. The molecule has 74 valence electrons. The predicted octanol–water partition coefficient (Wildman–Crippen LogP) is 0.557. The number of carbonyl (C=O) groups is 1. The van der Waals surface area contributed by atoms with E-state index in [1.807, 2.05) is 4.90 Å². The Morgan fingerprint density at radius 3 is 2.54 bits per heavy atom. The third-order valence-electron chi connectivity index (χ3n) is 3.40. The second-order valence-electron chi connectivity index (χ2n) is 4.55. The fraction of sp³-hybridized carbons (Fsp3) is 0.900. The summed E-state index contributed by atoms with van der Waals surface area (Å²) >= 11 is 0. The van der Waals surface area contributed by atoms with E-state index in [1.165, 1.54) is 6.54 Å². The second-order valence-corrected chi connectivity index (χ2v) is 4.55.